The van der Waals surface area contributed by atoms with Gasteiger partial charge in [-0.05, 0) is 6.42 Å². The standard InChI is InChI=1S/C8H15O4P/c1-3-5-8-7-11-13(9,12-8)10-6-4-2/h4,8H,2-3,5-7H2,1H3. The topological polar surface area (TPSA) is 44.8 Å². The molecule has 0 aliphatic carbocycles. The van der Waals surface area contributed by atoms with Gasteiger partial charge in [0.15, 0.2) is 0 Å². The fourth-order valence-electron chi connectivity index (χ4n) is 1.09. The molecule has 1 rings (SSSR count). The van der Waals surface area contributed by atoms with Crippen molar-refractivity contribution in [1.29, 1.82) is 0 Å². The molecule has 1 saturated heterocycles. The van der Waals surface area contributed by atoms with Crippen LogP contribution < -0.4 is 0 Å². The molecule has 2 atom stereocenters. The van der Waals surface area contributed by atoms with Crippen LogP contribution in [0.2, 0.25) is 0 Å². The quantitative estimate of drug-likeness (QED) is 0.512. The van der Waals surface area contributed by atoms with Crippen LogP contribution in [0.5, 0.6) is 0 Å². The normalized spacial score (nSPS) is 33.5. The second-order valence-electron chi connectivity index (χ2n) is 2.84. The monoisotopic (exact) mass is 206 g/mol. The Balaban J connectivity index is 2.37. The summed E-state index contributed by atoms with van der Waals surface area (Å²) in [6, 6.07) is 0. The van der Waals surface area contributed by atoms with Gasteiger partial charge in [-0.1, -0.05) is 19.4 Å². The minimum Gasteiger partial charge on any atom is -0.284 e. The Morgan fingerprint density at radius 3 is 3.15 bits per heavy atom. The Morgan fingerprint density at radius 2 is 2.54 bits per heavy atom. The van der Waals surface area contributed by atoms with Crippen LogP contribution in [0.3, 0.4) is 0 Å². The van der Waals surface area contributed by atoms with Gasteiger partial charge >= 0.3 is 7.82 Å². The Labute approximate surface area is 78.5 Å². The molecule has 1 fully saturated rings. The lowest BCUT2D eigenvalue weighted by molar-refractivity contribution is 0.179. The van der Waals surface area contributed by atoms with E-state index in [9.17, 15) is 4.57 Å². The lowest BCUT2D eigenvalue weighted by Gasteiger charge is -2.09. The first-order valence-electron chi connectivity index (χ1n) is 4.38. The molecule has 0 aromatic rings. The zero-order valence-corrected chi connectivity index (χ0v) is 8.66. The average Bonchev–Trinajstić information content (AvgIpc) is 2.46. The summed E-state index contributed by atoms with van der Waals surface area (Å²) in [7, 11) is -3.24. The van der Waals surface area contributed by atoms with Crippen molar-refractivity contribution in [3.63, 3.8) is 0 Å². The number of phosphoric acid groups is 1. The predicted octanol–water partition coefficient (Wildman–Crippen LogP) is 2.51. The van der Waals surface area contributed by atoms with Crippen molar-refractivity contribution in [2.45, 2.75) is 25.9 Å². The first-order valence-corrected chi connectivity index (χ1v) is 5.84. The van der Waals surface area contributed by atoms with E-state index in [1.54, 1.807) is 0 Å². The van der Waals surface area contributed by atoms with E-state index >= 15 is 0 Å². The van der Waals surface area contributed by atoms with Gasteiger partial charge in [-0.2, -0.15) is 0 Å². The minimum absolute atomic E-state index is 0.0827. The number of hydrogen-bond donors (Lipinski definition) is 0. The summed E-state index contributed by atoms with van der Waals surface area (Å²) in [6.45, 7) is 6.04. The Morgan fingerprint density at radius 1 is 1.77 bits per heavy atom. The van der Waals surface area contributed by atoms with E-state index in [4.69, 9.17) is 13.6 Å². The van der Waals surface area contributed by atoms with Gasteiger partial charge in [-0.15, -0.1) is 6.58 Å². The second-order valence-corrected chi connectivity index (χ2v) is 4.47. The summed E-state index contributed by atoms with van der Waals surface area (Å²) >= 11 is 0. The van der Waals surface area contributed by atoms with Crippen molar-refractivity contribution in [2.24, 2.45) is 0 Å². The van der Waals surface area contributed by atoms with Gasteiger partial charge < -0.3 is 0 Å². The third kappa shape index (κ3) is 3.24. The van der Waals surface area contributed by atoms with Gasteiger partial charge in [0.1, 0.15) is 0 Å². The van der Waals surface area contributed by atoms with E-state index in [2.05, 4.69) is 6.58 Å². The van der Waals surface area contributed by atoms with Gasteiger partial charge in [0, 0.05) is 0 Å². The third-order valence-electron chi connectivity index (χ3n) is 1.66. The summed E-state index contributed by atoms with van der Waals surface area (Å²) in [5.41, 5.74) is 0. The largest absolute Gasteiger partial charge is 0.475 e. The second kappa shape index (κ2) is 4.91. The molecule has 0 aromatic carbocycles. The van der Waals surface area contributed by atoms with Crippen LogP contribution >= 0.6 is 7.82 Å². The molecule has 0 bridgehead atoms. The third-order valence-corrected chi connectivity index (χ3v) is 3.14. The summed E-state index contributed by atoms with van der Waals surface area (Å²) < 4.78 is 26.6. The molecule has 5 heteroatoms. The Kier molecular flexibility index (Phi) is 4.13. The number of phosphoric ester groups is 1. The Hall–Kier alpha value is -0.150. The molecule has 0 N–H and O–H groups in total. The van der Waals surface area contributed by atoms with Crippen molar-refractivity contribution >= 4 is 7.82 Å². The summed E-state index contributed by atoms with van der Waals surface area (Å²) in [5.74, 6) is 0. The van der Waals surface area contributed by atoms with E-state index < -0.39 is 7.82 Å². The van der Waals surface area contributed by atoms with E-state index in [0.29, 0.717) is 6.61 Å². The van der Waals surface area contributed by atoms with Crippen LogP contribution in [0, 0.1) is 0 Å². The first kappa shape index (κ1) is 10.9. The lowest BCUT2D eigenvalue weighted by Crippen LogP contribution is -2.07. The molecule has 0 saturated carbocycles. The highest BCUT2D eigenvalue weighted by Crippen LogP contribution is 2.55. The zero-order chi connectivity index (χ0) is 9.73. The fourth-order valence-corrected chi connectivity index (χ4v) is 2.45. The summed E-state index contributed by atoms with van der Waals surface area (Å²) in [6.07, 6.45) is 3.26. The van der Waals surface area contributed by atoms with Crippen molar-refractivity contribution < 1.29 is 18.1 Å². The van der Waals surface area contributed by atoms with Crippen molar-refractivity contribution in [3.05, 3.63) is 12.7 Å². The molecule has 0 amide bonds. The molecular formula is C8H15O4P. The summed E-state index contributed by atoms with van der Waals surface area (Å²) in [5, 5.41) is 0. The zero-order valence-electron chi connectivity index (χ0n) is 7.77. The van der Waals surface area contributed by atoms with Gasteiger partial charge in [0.25, 0.3) is 0 Å². The maximum Gasteiger partial charge on any atom is 0.475 e. The fraction of sp³-hybridized carbons (Fsp3) is 0.750. The summed E-state index contributed by atoms with van der Waals surface area (Å²) in [4.78, 5) is 0. The number of rotatable bonds is 5. The highest BCUT2D eigenvalue weighted by molar-refractivity contribution is 7.48. The van der Waals surface area contributed by atoms with Crippen molar-refractivity contribution in [3.8, 4) is 0 Å². The van der Waals surface area contributed by atoms with Crippen LogP contribution in [0.4, 0.5) is 0 Å². The first-order chi connectivity index (χ1) is 6.20. The molecule has 1 heterocycles. The van der Waals surface area contributed by atoms with Crippen molar-refractivity contribution in [2.75, 3.05) is 13.2 Å². The van der Waals surface area contributed by atoms with Crippen molar-refractivity contribution in [1.82, 2.24) is 0 Å². The van der Waals surface area contributed by atoms with Gasteiger partial charge in [-0.3, -0.25) is 13.6 Å². The van der Waals surface area contributed by atoms with E-state index in [0.717, 1.165) is 12.8 Å². The maximum atomic E-state index is 11.5. The van der Waals surface area contributed by atoms with E-state index in [-0.39, 0.29) is 12.7 Å². The molecule has 4 nitrogen and oxygen atoms in total. The molecule has 1 aliphatic rings. The van der Waals surface area contributed by atoms with Crippen LogP contribution in [0.25, 0.3) is 0 Å². The Bertz CT molecular complexity index is 216. The molecule has 0 spiro atoms. The van der Waals surface area contributed by atoms with Crippen LogP contribution in [0.1, 0.15) is 19.8 Å². The molecular weight excluding hydrogens is 191 g/mol. The highest BCUT2D eigenvalue weighted by atomic mass is 31.2. The van der Waals surface area contributed by atoms with Crippen LogP contribution in [-0.2, 0) is 18.1 Å². The smallest absolute Gasteiger partial charge is 0.284 e. The molecule has 76 valence electrons. The lowest BCUT2D eigenvalue weighted by atomic mass is 10.2. The average molecular weight is 206 g/mol. The van der Waals surface area contributed by atoms with Crippen LogP contribution in [0.15, 0.2) is 12.7 Å². The van der Waals surface area contributed by atoms with Gasteiger partial charge in [-0.25, -0.2) is 4.57 Å². The molecule has 0 aromatic heterocycles. The molecule has 2 unspecified atom stereocenters. The molecule has 1 aliphatic heterocycles. The van der Waals surface area contributed by atoms with Gasteiger partial charge in [0.05, 0.1) is 19.3 Å². The minimum atomic E-state index is -3.24. The molecule has 13 heavy (non-hydrogen) atoms. The van der Waals surface area contributed by atoms with Crippen LogP contribution in [-0.4, -0.2) is 19.3 Å². The molecule has 0 radical (unpaired) electrons. The SMILES string of the molecule is C=CCOP1(=O)OCC(CCC)O1. The number of hydrogen-bond acceptors (Lipinski definition) is 4. The van der Waals surface area contributed by atoms with E-state index in [1.165, 1.54) is 6.08 Å². The maximum absolute atomic E-state index is 11.5. The predicted molar refractivity (Wildman–Crippen MR) is 49.5 cm³/mol. The van der Waals surface area contributed by atoms with Gasteiger partial charge in [0.2, 0.25) is 0 Å². The highest BCUT2D eigenvalue weighted by Gasteiger charge is 2.37. The van der Waals surface area contributed by atoms with E-state index in [1.807, 2.05) is 6.92 Å².